The van der Waals surface area contributed by atoms with E-state index < -0.39 is 0 Å². The van der Waals surface area contributed by atoms with Crippen LogP contribution in [0, 0.1) is 0 Å². The van der Waals surface area contributed by atoms with Crippen LogP contribution in [0.15, 0.2) is 22.5 Å². The number of likely N-dealkylation sites (tertiary alicyclic amines) is 1. The standard InChI is InChI=1S/C18H32N4S/c1-19-18(21-12-10-17-9-8-16-23-17)20-11-4-2-5-13-22-14-6-3-7-15-22/h8-9,16H,2-7,10-15H2,1H3,(H2,19,20,21). The molecule has 1 aliphatic rings. The highest BCUT2D eigenvalue weighted by atomic mass is 32.1. The third kappa shape index (κ3) is 7.84. The molecule has 4 nitrogen and oxygen atoms in total. The Morgan fingerprint density at radius 1 is 1.13 bits per heavy atom. The van der Waals surface area contributed by atoms with Crippen molar-refractivity contribution in [2.75, 3.05) is 39.8 Å². The Kier molecular flexibility index (Phi) is 9.11. The predicted octanol–water partition coefficient (Wildman–Crippen LogP) is 3.11. The summed E-state index contributed by atoms with van der Waals surface area (Å²) >= 11 is 1.82. The Hall–Kier alpha value is -1.07. The van der Waals surface area contributed by atoms with E-state index in [4.69, 9.17) is 0 Å². The number of guanidine groups is 1. The highest BCUT2D eigenvalue weighted by Crippen LogP contribution is 2.10. The largest absolute Gasteiger partial charge is 0.356 e. The van der Waals surface area contributed by atoms with E-state index in [0.717, 1.165) is 25.5 Å². The van der Waals surface area contributed by atoms with E-state index in [1.807, 2.05) is 18.4 Å². The average Bonchev–Trinajstić information content (AvgIpc) is 3.10. The van der Waals surface area contributed by atoms with E-state index in [0.29, 0.717) is 0 Å². The van der Waals surface area contributed by atoms with Crippen molar-refractivity contribution in [3.05, 3.63) is 22.4 Å². The first-order chi connectivity index (χ1) is 11.4. The summed E-state index contributed by atoms with van der Waals surface area (Å²) < 4.78 is 0. The van der Waals surface area contributed by atoms with Crippen LogP contribution in [0.1, 0.15) is 43.4 Å². The van der Waals surface area contributed by atoms with Gasteiger partial charge in [0.15, 0.2) is 5.96 Å². The molecule has 1 saturated heterocycles. The first kappa shape index (κ1) is 18.3. The second-order valence-corrected chi connectivity index (χ2v) is 7.25. The van der Waals surface area contributed by atoms with Crippen molar-refractivity contribution < 1.29 is 0 Å². The molecule has 1 aromatic heterocycles. The molecule has 0 amide bonds. The molecule has 5 heteroatoms. The lowest BCUT2D eigenvalue weighted by Crippen LogP contribution is -2.38. The molecule has 0 spiro atoms. The lowest BCUT2D eigenvalue weighted by Gasteiger charge is -2.26. The minimum atomic E-state index is 0.928. The number of thiophene rings is 1. The predicted molar refractivity (Wildman–Crippen MR) is 102 cm³/mol. The number of aliphatic imine (C=N–C) groups is 1. The number of piperidine rings is 1. The van der Waals surface area contributed by atoms with Gasteiger partial charge in [0, 0.05) is 25.0 Å². The maximum absolute atomic E-state index is 4.29. The van der Waals surface area contributed by atoms with Crippen LogP contribution in [0.25, 0.3) is 0 Å². The third-order valence-corrected chi connectivity index (χ3v) is 5.30. The maximum atomic E-state index is 4.29. The number of rotatable bonds is 9. The SMILES string of the molecule is CN=C(NCCCCCN1CCCCC1)NCCc1cccs1. The van der Waals surface area contributed by atoms with Crippen molar-refractivity contribution in [1.82, 2.24) is 15.5 Å². The van der Waals surface area contributed by atoms with Gasteiger partial charge in [-0.1, -0.05) is 18.9 Å². The van der Waals surface area contributed by atoms with Crippen LogP contribution in [0.2, 0.25) is 0 Å². The van der Waals surface area contributed by atoms with E-state index in [1.54, 1.807) is 0 Å². The summed E-state index contributed by atoms with van der Waals surface area (Å²) in [4.78, 5) is 8.34. The summed E-state index contributed by atoms with van der Waals surface area (Å²) in [6.45, 7) is 5.87. The summed E-state index contributed by atoms with van der Waals surface area (Å²) in [5.74, 6) is 0.928. The van der Waals surface area contributed by atoms with Crippen molar-refractivity contribution in [1.29, 1.82) is 0 Å². The summed E-state index contributed by atoms with van der Waals surface area (Å²) in [6, 6.07) is 4.29. The van der Waals surface area contributed by atoms with Crippen LogP contribution in [-0.4, -0.2) is 50.6 Å². The first-order valence-corrected chi connectivity index (χ1v) is 9.95. The molecule has 0 aliphatic carbocycles. The van der Waals surface area contributed by atoms with Gasteiger partial charge < -0.3 is 15.5 Å². The molecule has 1 aromatic rings. The van der Waals surface area contributed by atoms with Gasteiger partial charge in [0.1, 0.15) is 0 Å². The molecule has 0 radical (unpaired) electrons. The van der Waals surface area contributed by atoms with Crippen molar-refractivity contribution in [2.45, 2.75) is 44.9 Å². The number of hydrogen-bond donors (Lipinski definition) is 2. The molecule has 1 aliphatic heterocycles. The van der Waals surface area contributed by atoms with E-state index in [9.17, 15) is 0 Å². The van der Waals surface area contributed by atoms with Crippen LogP contribution in [-0.2, 0) is 6.42 Å². The van der Waals surface area contributed by atoms with Crippen LogP contribution in [0.4, 0.5) is 0 Å². The van der Waals surface area contributed by atoms with Gasteiger partial charge in [0.05, 0.1) is 0 Å². The van der Waals surface area contributed by atoms with Crippen molar-refractivity contribution in [2.24, 2.45) is 4.99 Å². The molecule has 0 atom stereocenters. The molecular formula is C18H32N4S. The Balaban J connectivity index is 1.45. The summed E-state index contributed by atoms with van der Waals surface area (Å²) in [5.41, 5.74) is 0. The molecule has 0 bridgehead atoms. The van der Waals surface area contributed by atoms with Gasteiger partial charge in [-0.15, -0.1) is 11.3 Å². The zero-order chi connectivity index (χ0) is 16.2. The molecule has 130 valence electrons. The number of nitrogens with zero attached hydrogens (tertiary/aromatic N) is 2. The third-order valence-electron chi connectivity index (χ3n) is 4.36. The van der Waals surface area contributed by atoms with Gasteiger partial charge in [-0.25, -0.2) is 0 Å². The molecule has 0 aromatic carbocycles. The Labute approximate surface area is 145 Å². The van der Waals surface area contributed by atoms with Gasteiger partial charge in [-0.05, 0) is 63.2 Å². The van der Waals surface area contributed by atoms with Gasteiger partial charge in [-0.3, -0.25) is 4.99 Å². The second-order valence-electron chi connectivity index (χ2n) is 6.22. The fourth-order valence-electron chi connectivity index (χ4n) is 3.01. The number of nitrogens with one attached hydrogen (secondary N) is 2. The van der Waals surface area contributed by atoms with Gasteiger partial charge in [0.2, 0.25) is 0 Å². The Morgan fingerprint density at radius 3 is 2.70 bits per heavy atom. The summed E-state index contributed by atoms with van der Waals surface area (Å²) in [7, 11) is 1.84. The second kappa shape index (κ2) is 11.5. The molecule has 0 saturated carbocycles. The van der Waals surface area contributed by atoms with Gasteiger partial charge >= 0.3 is 0 Å². The van der Waals surface area contributed by atoms with E-state index >= 15 is 0 Å². The van der Waals surface area contributed by atoms with Crippen LogP contribution in [0.5, 0.6) is 0 Å². The molecule has 23 heavy (non-hydrogen) atoms. The number of unbranched alkanes of at least 4 members (excludes halogenated alkanes) is 2. The Bertz CT molecular complexity index is 424. The monoisotopic (exact) mass is 336 g/mol. The van der Waals surface area contributed by atoms with E-state index in [2.05, 4.69) is 38.0 Å². The van der Waals surface area contributed by atoms with Crippen LogP contribution >= 0.6 is 11.3 Å². The normalized spacial score (nSPS) is 16.5. The molecule has 2 N–H and O–H groups in total. The molecule has 0 unspecified atom stereocenters. The Morgan fingerprint density at radius 2 is 1.96 bits per heavy atom. The fourth-order valence-corrected chi connectivity index (χ4v) is 3.72. The van der Waals surface area contributed by atoms with Gasteiger partial charge in [-0.2, -0.15) is 0 Å². The van der Waals surface area contributed by atoms with E-state index in [1.165, 1.54) is 63.0 Å². The lowest BCUT2D eigenvalue weighted by atomic mass is 10.1. The topological polar surface area (TPSA) is 39.7 Å². The van der Waals surface area contributed by atoms with Crippen LogP contribution < -0.4 is 10.6 Å². The number of hydrogen-bond acceptors (Lipinski definition) is 3. The quantitative estimate of drug-likeness (QED) is 0.413. The average molecular weight is 337 g/mol. The lowest BCUT2D eigenvalue weighted by molar-refractivity contribution is 0.224. The van der Waals surface area contributed by atoms with E-state index in [-0.39, 0.29) is 0 Å². The van der Waals surface area contributed by atoms with Crippen molar-refractivity contribution in [3.63, 3.8) is 0 Å². The first-order valence-electron chi connectivity index (χ1n) is 9.08. The smallest absolute Gasteiger partial charge is 0.190 e. The zero-order valence-corrected chi connectivity index (χ0v) is 15.3. The zero-order valence-electron chi connectivity index (χ0n) is 14.5. The summed E-state index contributed by atoms with van der Waals surface area (Å²) in [6.07, 6.45) is 9.14. The molecule has 1 fully saturated rings. The highest BCUT2D eigenvalue weighted by Gasteiger charge is 2.08. The molecule has 2 heterocycles. The van der Waals surface area contributed by atoms with Crippen LogP contribution in [0.3, 0.4) is 0 Å². The van der Waals surface area contributed by atoms with Gasteiger partial charge in [0.25, 0.3) is 0 Å². The highest BCUT2D eigenvalue weighted by molar-refractivity contribution is 7.09. The minimum absolute atomic E-state index is 0.928. The summed E-state index contributed by atoms with van der Waals surface area (Å²) in [5, 5.41) is 8.94. The molecule has 2 rings (SSSR count). The van der Waals surface area contributed by atoms with Crippen molar-refractivity contribution in [3.8, 4) is 0 Å². The molecular weight excluding hydrogens is 304 g/mol. The maximum Gasteiger partial charge on any atom is 0.190 e. The minimum Gasteiger partial charge on any atom is -0.356 e. The fraction of sp³-hybridized carbons (Fsp3) is 0.722. The van der Waals surface area contributed by atoms with Crippen molar-refractivity contribution >= 4 is 17.3 Å².